The predicted octanol–water partition coefficient (Wildman–Crippen LogP) is 3.91. The van der Waals surface area contributed by atoms with E-state index in [-0.39, 0.29) is 22.5 Å². The zero-order valence-corrected chi connectivity index (χ0v) is 19.3. The molecule has 2 aromatic carbocycles. The average molecular weight is 486 g/mol. The maximum absolute atomic E-state index is 13.5. The van der Waals surface area contributed by atoms with E-state index in [0.29, 0.717) is 52.6 Å². The SMILES string of the molecule is CC1Cc2nc(SCC(=O)Nc3ccc4c(c3)OCCO4)n(-c3ccc(F)cc3)c(=O)c2S1. The van der Waals surface area contributed by atoms with Gasteiger partial charge in [0.05, 0.1) is 22.0 Å². The third kappa shape index (κ3) is 4.58. The summed E-state index contributed by atoms with van der Waals surface area (Å²) in [7, 11) is 0. The van der Waals surface area contributed by atoms with Gasteiger partial charge in [0.1, 0.15) is 19.0 Å². The summed E-state index contributed by atoms with van der Waals surface area (Å²) >= 11 is 2.66. The first kappa shape index (κ1) is 21.8. The molecular weight excluding hydrogens is 465 g/mol. The van der Waals surface area contributed by atoms with Crippen LogP contribution in [0.2, 0.25) is 0 Å². The summed E-state index contributed by atoms with van der Waals surface area (Å²) < 4.78 is 26.0. The number of hydrogen-bond donors (Lipinski definition) is 1. The number of nitrogens with one attached hydrogen (secondary N) is 1. The molecule has 7 nitrogen and oxygen atoms in total. The third-order valence-electron chi connectivity index (χ3n) is 5.12. The Kier molecular flexibility index (Phi) is 6.03. The number of fused-ring (bicyclic) bond motifs is 2. The Morgan fingerprint density at radius 3 is 2.76 bits per heavy atom. The first-order chi connectivity index (χ1) is 16.0. The van der Waals surface area contributed by atoms with E-state index in [9.17, 15) is 14.0 Å². The van der Waals surface area contributed by atoms with Crippen molar-refractivity contribution in [3.05, 3.63) is 64.3 Å². The lowest BCUT2D eigenvalue weighted by Gasteiger charge is -2.19. The van der Waals surface area contributed by atoms with E-state index in [1.165, 1.54) is 40.6 Å². The van der Waals surface area contributed by atoms with Crippen molar-refractivity contribution in [1.82, 2.24) is 9.55 Å². The normalized spacial score (nSPS) is 16.4. The van der Waals surface area contributed by atoms with Crippen molar-refractivity contribution in [2.45, 2.75) is 28.6 Å². The Bertz CT molecular complexity index is 1280. The van der Waals surface area contributed by atoms with E-state index in [1.807, 2.05) is 6.92 Å². The summed E-state index contributed by atoms with van der Waals surface area (Å²) in [6.45, 7) is 3.00. The molecule has 2 aliphatic rings. The van der Waals surface area contributed by atoms with Gasteiger partial charge in [-0.2, -0.15) is 0 Å². The summed E-state index contributed by atoms with van der Waals surface area (Å²) in [4.78, 5) is 31.2. The minimum atomic E-state index is -0.392. The van der Waals surface area contributed by atoms with E-state index in [2.05, 4.69) is 5.32 Å². The van der Waals surface area contributed by atoms with Gasteiger partial charge in [0.25, 0.3) is 5.56 Å². The van der Waals surface area contributed by atoms with Crippen molar-refractivity contribution in [1.29, 1.82) is 0 Å². The third-order valence-corrected chi connectivity index (χ3v) is 7.28. The van der Waals surface area contributed by atoms with Crippen molar-refractivity contribution < 1.29 is 18.7 Å². The monoisotopic (exact) mass is 485 g/mol. The Balaban J connectivity index is 1.38. The maximum atomic E-state index is 13.5. The molecule has 5 rings (SSSR count). The molecule has 1 N–H and O–H groups in total. The van der Waals surface area contributed by atoms with Gasteiger partial charge in [0.15, 0.2) is 16.7 Å². The van der Waals surface area contributed by atoms with E-state index in [4.69, 9.17) is 14.5 Å². The van der Waals surface area contributed by atoms with E-state index < -0.39 is 5.82 Å². The topological polar surface area (TPSA) is 82.4 Å². The highest BCUT2D eigenvalue weighted by molar-refractivity contribution is 8.00. The minimum absolute atomic E-state index is 0.0452. The molecule has 3 aromatic rings. The summed E-state index contributed by atoms with van der Waals surface area (Å²) in [5.41, 5.74) is 1.64. The summed E-state index contributed by atoms with van der Waals surface area (Å²) in [6.07, 6.45) is 0.691. The lowest BCUT2D eigenvalue weighted by atomic mass is 10.2. The number of carbonyl (C=O) groups excluding carboxylic acids is 1. The van der Waals surface area contributed by atoms with Crippen LogP contribution in [0.1, 0.15) is 12.6 Å². The molecule has 2 aliphatic heterocycles. The number of rotatable bonds is 5. The number of benzene rings is 2. The van der Waals surface area contributed by atoms with Gasteiger partial charge in [-0.1, -0.05) is 18.7 Å². The van der Waals surface area contributed by atoms with Crippen LogP contribution in [0, 0.1) is 5.82 Å². The van der Waals surface area contributed by atoms with Crippen molar-refractivity contribution >= 4 is 35.1 Å². The maximum Gasteiger partial charge on any atom is 0.272 e. The van der Waals surface area contributed by atoms with Gasteiger partial charge in [0.2, 0.25) is 5.91 Å². The number of anilines is 1. The van der Waals surface area contributed by atoms with E-state index in [1.54, 1.807) is 18.2 Å². The van der Waals surface area contributed by atoms with Crippen LogP contribution in [0.5, 0.6) is 11.5 Å². The Hall–Kier alpha value is -2.98. The highest BCUT2D eigenvalue weighted by atomic mass is 32.2. The van der Waals surface area contributed by atoms with Gasteiger partial charge < -0.3 is 14.8 Å². The van der Waals surface area contributed by atoms with Gasteiger partial charge in [-0.15, -0.1) is 11.8 Å². The van der Waals surface area contributed by atoms with Crippen LogP contribution in [0.3, 0.4) is 0 Å². The standard InChI is InChI=1S/C23H20FN3O4S2/c1-13-10-17-21(33-13)22(29)27(16-5-2-14(24)3-6-16)23(26-17)32-12-20(28)25-15-4-7-18-19(11-15)31-9-8-30-18/h2-7,11,13H,8-10,12H2,1H3,(H,25,28). The molecule has 0 saturated heterocycles. The highest BCUT2D eigenvalue weighted by Gasteiger charge is 2.27. The van der Waals surface area contributed by atoms with Crippen LogP contribution in [-0.2, 0) is 11.2 Å². The van der Waals surface area contributed by atoms with Crippen LogP contribution in [-0.4, -0.2) is 39.7 Å². The molecule has 0 bridgehead atoms. The number of hydrogen-bond acceptors (Lipinski definition) is 7. The van der Waals surface area contributed by atoms with Crippen molar-refractivity contribution in [3.63, 3.8) is 0 Å². The van der Waals surface area contributed by atoms with Gasteiger partial charge in [0, 0.05) is 23.4 Å². The molecule has 0 aliphatic carbocycles. The molecule has 0 saturated carbocycles. The molecule has 0 spiro atoms. The number of nitrogens with zero attached hydrogens (tertiary/aromatic N) is 2. The minimum Gasteiger partial charge on any atom is -0.486 e. The predicted molar refractivity (Wildman–Crippen MR) is 126 cm³/mol. The van der Waals surface area contributed by atoms with Gasteiger partial charge >= 0.3 is 0 Å². The smallest absolute Gasteiger partial charge is 0.272 e. The fourth-order valence-electron chi connectivity index (χ4n) is 3.66. The molecule has 1 unspecified atom stereocenters. The molecule has 1 atom stereocenters. The van der Waals surface area contributed by atoms with Crippen LogP contribution in [0.15, 0.2) is 57.3 Å². The Labute approximate surface area is 197 Å². The average Bonchev–Trinajstić information content (AvgIpc) is 3.19. The van der Waals surface area contributed by atoms with E-state index in [0.717, 1.165) is 17.5 Å². The summed E-state index contributed by atoms with van der Waals surface area (Å²) in [6, 6.07) is 10.9. The Morgan fingerprint density at radius 2 is 1.97 bits per heavy atom. The number of carbonyl (C=O) groups is 1. The molecule has 170 valence electrons. The second kappa shape index (κ2) is 9.11. The fraction of sp³-hybridized carbons (Fsp3) is 0.261. The van der Waals surface area contributed by atoms with Gasteiger partial charge in [-0.3, -0.25) is 14.2 Å². The number of thioether (sulfide) groups is 2. The van der Waals surface area contributed by atoms with Crippen molar-refractivity contribution in [2.24, 2.45) is 0 Å². The zero-order valence-electron chi connectivity index (χ0n) is 17.7. The van der Waals surface area contributed by atoms with Crippen LogP contribution >= 0.6 is 23.5 Å². The van der Waals surface area contributed by atoms with Crippen molar-refractivity contribution in [3.8, 4) is 17.2 Å². The molecule has 3 heterocycles. The lowest BCUT2D eigenvalue weighted by molar-refractivity contribution is -0.113. The zero-order chi connectivity index (χ0) is 22.9. The van der Waals surface area contributed by atoms with Crippen LogP contribution in [0.25, 0.3) is 5.69 Å². The number of amides is 1. The quantitative estimate of drug-likeness (QED) is 0.433. The highest BCUT2D eigenvalue weighted by Crippen LogP contribution is 2.35. The van der Waals surface area contributed by atoms with Gasteiger partial charge in [-0.05, 0) is 36.4 Å². The number of halogens is 1. The summed E-state index contributed by atoms with van der Waals surface area (Å²) in [5, 5.41) is 3.49. The van der Waals surface area contributed by atoms with Crippen molar-refractivity contribution in [2.75, 3.05) is 24.3 Å². The molecule has 1 amide bonds. The summed E-state index contributed by atoms with van der Waals surface area (Å²) in [5.74, 6) is 0.635. The molecule has 1 aromatic heterocycles. The Morgan fingerprint density at radius 1 is 1.21 bits per heavy atom. The molecule has 10 heteroatoms. The first-order valence-corrected chi connectivity index (χ1v) is 12.3. The molecule has 0 fully saturated rings. The molecule has 0 radical (unpaired) electrons. The van der Waals surface area contributed by atoms with Crippen LogP contribution in [0.4, 0.5) is 10.1 Å². The number of ether oxygens (including phenoxy) is 2. The number of aromatic nitrogens is 2. The lowest BCUT2D eigenvalue weighted by Crippen LogP contribution is -2.24. The second-order valence-electron chi connectivity index (χ2n) is 7.62. The largest absolute Gasteiger partial charge is 0.486 e. The molecule has 33 heavy (non-hydrogen) atoms. The van der Waals surface area contributed by atoms with Gasteiger partial charge in [-0.25, -0.2) is 9.37 Å². The fourth-order valence-corrected chi connectivity index (χ4v) is 5.59. The second-order valence-corrected chi connectivity index (χ2v) is 10.0. The first-order valence-electron chi connectivity index (χ1n) is 10.4. The van der Waals surface area contributed by atoms with E-state index >= 15 is 0 Å². The van der Waals surface area contributed by atoms with Crippen LogP contribution < -0.4 is 20.3 Å². The molecular formula is C23H20FN3O4S2.